The summed E-state index contributed by atoms with van der Waals surface area (Å²) >= 11 is 0. The van der Waals surface area contributed by atoms with Crippen LogP contribution in [0.4, 0.5) is 8.78 Å². The Bertz CT molecular complexity index is 959. The van der Waals surface area contributed by atoms with Crippen LogP contribution in [-0.4, -0.2) is 10.2 Å². The smallest absolute Gasteiger partial charge is 0.305 e. The number of halogens is 2. The molecule has 1 aromatic heterocycles. The predicted molar refractivity (Wildman–Crippen MR) is 81.9 cm³/mol. The zero-order chi connectivity index (χ0) is 17.5. The van der Waals surface area contributed by atoms with Crippen molar-refractivity contribution in [2.24, 2.45) is 0 Å². The lowest BCUT2D eigenvalue weighted by Crippen LogP contribution is -2.16. The van der Waals surface area contributed by atoms with Crippen molar-refractivity contribution in [3.63, 3.8) is 0 Å². The van der Waals surface area contributed by atoms with Crippen LogP contribution >= 0.6 is 0 Å². The Kier molecular flexibility index (Phi) is 3.63. The van der Waals surface area contributed by atoms with Crippen LogP contribution in [0.25, 0.3) is 11.0 Å². The molecule has 0 saturated heterocycles. The van der Waals surface area contributed by atoms with E-state index in [9.17, 15) is 23.8 Å². The molecule has 3 aromatic rings. The lowest BCUT2D eigenvalue weighted by molar-refractivity contribution is -0.00769. The van der Waals surface area contributed by atoms with E-state index in [0.29, 0.717) is 6.92 Å². The van der Waals surface area contributed by atoms with Gasteiger partial charge in [-0.15, -0.1) is 0 Å². The molecule has 0 radical (unpaired) electrons. The molecule has 3 rings (SSSR count). The lowest BCUT2D eigenvalue weighted by Gasteiger charge is -2.15. The Hall–Kier alpha value is -3.09. The van der Waals surface area contributed by atoms with E-state index in [-0.39, 0.29) is 11.1 Å². The van der Waals surface area contributed by atoms with Gasteiger partial charge in [0.2, 0.25) is 22.7 Å². The van der Waals surface area contributed by atoms with Gasteiger partial charge in [-0.05, 0) is 24.3 Å². The first-order valence-corrected chi connectivity index (χ1v) is 6.92. The van der Waals surface area contributed by atoms with E-state index in [1.807, 2.05) is 0 Å². The van der Waals surface area contributed by atoms with Gasteiger partial charge in [-0.25, -0.2) is 0 Å². The largest absolute Gasteiger partial charge is 0.504 e. The fraction of sp³-hybridized carbons (Fsp3) is 0.118. The number of aromatic hydroxyl groups is 2. The SMILES string of the molecule is CC(F)(F)c1oc2c(O)c(O)ccc2c(=O)c1Oc1ccccc1. The predicted octanol–water partition coefficient (Wildman–Crippen LogP) is 4.11. The summed E-state index contributed by atoms with van der Waals surface area (Å²) in [6.07, 6.45) is 0. The van der Waals surface area contributed by atoms with Crippen LogP contribution in [0.15, 0.2) is 51.7 Å². The fourth-order valence-corrected chi connectivity index (χ4v) is 2.20. The van der Waals surface area contributed by atoms with Crippen LogP contribution in [0, 0.1) is 0 Å². The molecule has 0 aliphatic rings. The third kappa shape index (κ3) is 2.64. The molecular weight excluding hydrogens is 322 g/mol. The Morgan fingerprint density at radius 3 is 2.38 bits per heavy atom. The second-order valence-electron chi connectivity index (χ2n) is 5.20. The summed E-state index contributed by atoms with van der Waals surface area (Å²) in [6.45, 7) is 0.537. The van der Waals surface area contributed by atoms with Gasteiger partial charge in [-0.1, -0.05) is 18.2 Å². The lowest BCUT2D eigenvalue weighted by atomic mass is 10.1. The molecule has 0 fully saturated rings. The first kappa shape index (κ1) is 15.8. The number of hydrogen-bond donors (Lipinski definition) is 2. The van der Waals surface area contributed by atoms with Crippen molar-refractivity contribution in [2.75, 3.05) is 0 Å². The van der Waals surface area contributed by atoms with E-state index in [1.54, 1.807) is 18.2 Å². The van der Waals surface area contributed by atoms with E-state index >= 15 is 0 Å². The van der Waals surface area contributed by atoms with Crippen molar-refractivity contribution in [3.05, 3.63) is 58.4 Å². The number of benzene rings is 2. The van der Waals surface area contributed by atoms with Crippen molar-refractivity contribution >= 4 is 11.0 Å². The molecule has 0 aliphatic carbocycles. The average Bonchev–Trinajstić information content (AvgIpc) is 2.53. The van der Waals surface area contributed by atoms with Crippen LogP contribution < -0.4 is 10.2 Å². The molecule has 7 heteroatoms. The van der Waals surface area contributed by atoms with Crippen LogP contribution in [0.1, 0.15) is 12.7 Å². The van der Waals surface area contributed by atoms with Crippen LogP contribution in [0.3, 0.4) is 0 Å². The van der Waals surface area contributed by atoms with Gasteiger partial charge in [-0.3, -0.25) is 4.79 Å². The van der Waals surface area contributed by atoms with Gasteiger partial charge in [-0.2, -0.15) is 8.78 Å². The molecule has 24 heavy (non-hydrogen) atoms. The minimum atomic E-state index is -3.55. The van der Waals surface area contributed by atoms with E-state index in [4.69, 9.17) is 9.15 Å². The summed E-state index contributed by atoms with van der Waals surface area (Å²) in [5.74, 6) is -6.46. The Balaban J connectivity index is 2.33. The quantitative estimate of drug-likeness (QED) is 0.705. The summed E-state index contributed by atoms with van der Waals surface area (Å²) in [7, 11) is 0. The van der Waals surface area contributed by atoms with Gasteiger partial charge in [0.25, 0.3) is 0 Å². The van der Waals surface area contributed by atoms with E-state index in [0.717, 1.165) is 12.1 Å². The highest BCUT2D eigenvalue weighted by atomic mass is 19.3. The molecule has 0 amide bonds. The molecular formula is C17H12F2O5. The topological polar surface area (TPSA) is 79.9 Å². The number of hydrogen-bond acceptors (Lipinski definition) is 5. The van der Waals surface area contributed by atoms with E-state index < -0.39 is 39.9 Å². The summed E-state index contributed by atoms with van der Waals surface area (Å²) in [6, 6.07) is 10.1. The maximum atomic E-state index is 13.9. The molecule has 1 heterocycles. The first-order chi connectivity index (χ1) is 11.3. The highest BCUT2D eigenvalue weighted by Crippen LogP contribution is 2.40. The monoisotopic (exact) mass is 334 g/mol. The molecule has 2 N–H and O–H groups in total. The molecule has 0 unspecified atom stereocenters. The molecule has 0 bridgehead atoms. The zero-order valence-electron chi connectivity index (χ0n) is 12.4. The van der Waals surface area contributed by atoms with Crippen molar-refractivity contribution in [1.29, 1.82) is 0 Å². The number of para-hydroxylation sites is 1. The van der Waals surface area contributed by atoms with Crippen LogP contribution in [0.5, 0.6) is 23.0 Å². The molecule has 124 valence electrons. The van der Waals surface area contributed by atoms with Crippen molar-refractivity contribution in [3.8, 4) is 23.0 Å². The minimum absolute atomic E-state index is 0.178. The number of phenolic OH excluding ortho intramolecular Hbond substituents is 2. The third-order valence-electron chi connectivity index (χ3n) is 3.33. The zero-order valence-corrected chi connectivity index (χ0v) is 12.4. The standard InChI is InChI=1S/C17H12F2O5/c1-17(18,19)16-15(23-9-5-3-2-4-6-9)12(21)10-7-8-11(20)13(22)14(10)24-16/h2-8,20,22H,1H3. The summed E-state index contributed by atoms with van der Waals surface area (Å²) < 4.78 is 38.2. The number of phenols is 2. The maximum Gasteiger partial charge on any atom is 0.305 e. The maximum absolute atomic E-state index is 13.9. The van der Waals surface area contributed by atoms with Gasteiger partial charge < -0.3 is 19.4 Å². The highest BCUT2D eigenvalue weighted by molar-refractivity contribution is 5.86. The van der Waals surface area contributed by atoms with Gasteiger partial charge in [0.1, 0.15) is 5.75 Å². The van der Waals surface area contributed by atoms with Crippen molar-refractivity contribution in [2.45, 2.75) is 12.8 Å². The fourth-order valence-electron chi connectivity index (χ4n) is 2.20. The summed E-state index contributed by atoms with van der Waals surface area (Å²) in [4.78, 5) is 12.6. The van der Waals surface area contributed by atoms with Crippen LogP contribution in [0.2, 0.25) is 0 Å². The molecule has 0 atom stereocenters. The van der Waals surface area contributed by atoms with Gasteiger partial charge in [0.15, 0.2) is 11.3 Å². The highest BCUT2D eigenvalue weighted by Gasteiger charge is 2.36. The Labute approximate surface area is 134 Å². The van der Waals surface area contributed by atoms with Gasteiger partial charge in [0, 0.05) is 6.92 Å². The van der Waals surface area contributed by atoms with Crippen molar-refractivity contribution < 1.29 is 28.1 Å². The Morgan fingerprint density at radius 1 is 1.08 bits per heavy atom. The normalized spacial score (nSPS) is 11.6. The van der Waals surface area contributed by atoms with E-state index in [1.165, 1.54) is 12.1 Å². The van der Waals surface area contributed by atoms with Crippen LogP contribution in [-0.2, 0) is 5.92 Å². The molecule has 0 saturated carbocycles. The summed E-state index contributed by atoms with van der Waals surface area (Å²) in [5.41, 5.74) is -1.41. The number of alkyl halides is 2. The summed E-state index contributed by atoms with van der Waals surface area (Å²) in [5, 5.41) is 19.1. The number of fused-ring (bicyclic) bond motifs is 1. The molecule has 2 aromatic carbocycles. The average molecular weight is 334 g/mol. The third-order valence-corrected chi connectivity index (χ3v) is 3.33. The Morgan fingerprint density at radius 2 is 1.75 bits per heavy atom. The first-order valence-electron chi connectivity index (χ1n) is 6.92. The minimum Gasteiger partial charge on any atom is -0.504 e. The van der Waals surface area contributed by atoms with E-state index in [2.05, 4.69) is 0 Å². The second-order valence-corrected chi connectivity index (χ2v) is 5.20. The van der Waals surface area contributed by atoms with Gasteiger partial charge in [0.05, 0.1) is 5.39 Å². The molecule has 0 aliphatic heterocycles. The number of ether oxygens (including phenoxy) is 1. The molecule has 0 spiro atoms. The van der Waals surface area contributed by atoms with Gasteiger partial charge >= 0.3 is 5.92 Å². The number of rotatable bonds is 3. The van der Waals surface area contributed by atoms with Crippen molar-refractivity contribution in [1.82, 2.24) is 0 Å². The second kappa shape index (κ2) is 5.52. The molecule has 5 nitrogen and oxygen atoms in total.